The number of hydrogen-bond acceptors (Lipinski definition) is 3. The molecule has 1 atom stereocenters. The van der Waals surface area contributed by atoms with Crippen LogP contribution < -0.4 is 5.32 Å². The van der Waals surface area contributed by atoms with Crippen molar-refractivity contribution < 1.29 is 27.6 Å². The molecule has 0 saturated heterocycles. The van der Waals surface area contributed by atoms with E-state index in [1.807, 2.05) is 0 Å². The van der Waals surface area contributed by atoms with Crippen LogP contribution in [-0.2, 0) is 17.5 Å². The first-order valence-electron chi connectivity index (χ1n) is 12.0. The average molecular weight is 503 g/mol. The molecule has 8 heteroatoms. The SMILES string of the molecule is C=C(C)C(CCC(=O)CC)N1Cc2cc(NC(=O)c3ccccc3C(F)(F)F)ccc2C1=O.CCC. The van der Waals surface area contributed by atoms with Crippen molar-refractivity contribution in [3.05, 3.63) is 76.9 Å². The van der Waals surface area contributed by atoms with Crippen molar-refractivity contribution in [3.63, 3.8) is 0 Å². The molecular weight excluding hydrogens is 469 g/mol. The molecule has 1 N–H and O–H groups in total. The zero-order valence-corrected chi connectivity index (χ0v) is 21.2. The number of Topliss-reactive ketones (excluding diaryl/α,β-unsaturated/α-hetero) is 1. The molecule has 0 bridgehead atoms. The summed E-state index contributed by atoms with van der Waals surface area (Å²) in [6, 6.07) is 8.89. The highest BCUT2D eigenvalue weighted by Gasteiger charge is 2.36. The van der Waals surface area contributed by atoms with E-state index in [-0.39, 0.29) is 24.3 Å². The molecule has 0 saturated carbocycles. The van der Waals surface area contributed by atoms with Gasteiger partial charge in [-0.1, -0.05) is 51.5 Å². The molecular formula is C28H33F3N2O3. The molecule has 0 radical (unpaired) electrons. The summed E-state index contributed by atoms with van der Waals surface area (Å²) < 4.78 is 39.7. The number of anilines is 1. The van der Waals surface area contributed by atoms with Crippen LogP contribution in [0, 0.1) is 0 Å². The van der Waals surface area contributed by atoms with E-state index < -0.39 is 23.2 Å². The fourth-order valence-corrected chi connectivity index (χ4v) is 3.94. The predicted octanol–water partition coefficient (Wildman–Crippen LogP) is 7.03. The van der Waals surface area contributed by atoms with Crippen LogP contribution in [0.2, 0.25) is 0 Å². The number of rotatable bonds is 8. The Hall–Kier alpha value is -3.42. The fraction of sp³-hybridized carbons (Fsp3) is 0.393. The number of amides is 2. The molecule has 1 heterocycles. The minimum absolute atomic E-state index is 0.106. The summed E-state index contributed by atoms with van der Waals surface area (Å²) in [7, 11) is 0. The lowest BCUT2D eigenvalue weighted by Crippen LogP contribution is -2.36. The van der Waals surface area contributed by atoms with Crippen LogP contribution in [-0.4, -0.2) is 28.5 Å². The van der Waals surface area contributed by atoms with Gasteiger partial charge >= 0.3 is 6.18 Å². The van der Waals surface area contributed by atoms with Crippen LogP contribution in [0.5, 0.6) is 0 Å². The van der Waals surface area contributed by atoms with E-state index in [2.05, 4.69) is 25.7 Å². The monoisotopic (exact) mass is 502 g/mol. The highest BCUT2D eigenvalue weighted by molar-refractivity contribution is 6.06. The van der Waals surface area contributed by atoms with E-state index in [0.717, 1.165) is 17.7 Å². The molecule has 0 aromatic heterocycles. The number of benzene rings is 2. The Bertz CT molecular complexity index is 1130. The van der Waals surface area contributed by atoms with Gasteiger partial charge in [0.05, 0.1) is 17.2 Å². The highest BCUT2D eigenvalue weighted by atomic mass is 19.4. The summed E-state index contributed by atoms with van der Waals surface area (Å²) in [5.41, 5.74) is 0.657. The third-order valence-corrected chi connectivity index (χ3v) is 5.71. The maximum Gasteiger partial charge on any atom is 0.417 e. The summed E-state index contributed by atoms with van der Waals surface area (Å²) in [5.74, 6) is -0.987. The Labute approximate surface area is 210 Å². The van der Waals surface area contributed by atoms with Crippen LogP contribution in [0.4, 0.5) is 18.9 Å². The first-order chi connectivity index (χ1) is 16.9. The summed E-state index contributed by atoms with van der Waals surface area (Å²) in [4.78, 5) is 38.9. The Balaban J connectivity index is 0.00000145. The number of ketones is 1. The first-order valence-corrected chi connectivity index (χ1v) is 12.0. The van der Waals surface area contributed by atoms with Crippen molar-refractivity contribution in [2.75, 3.05) is 5.32 Å². The Morgan fingerprint density at radius 1 is 1.11 bits per heavy atom. The zero-order chi connectivity index (χ0) is 27.0. The molecule has 5 nitrogen and oxygen atoms in total. The lowest BCUT2D eigenvalue weighted by molar-refractivity contribution is -0.137. The second-order valence-electron chi connectivity index (χ2n) is 8.80. The normalized spacial score (nSPS) is 13.4. The molecule has 0 fully saturated rings. The molecule has 2 amide bonds. The van der Waals surface area contributed by atoms with Crippen LogP contribution in [0.3, 0.4) is 0 Å². The topological polar surface area (TPSA) is 66.5 Å². The van der Waals surface area contributed by atoms with Gasteiger partial charge < -0.3 is 10.2 Å². The van der Waals surface area contributed by atoms with Crippen molar-refractivity contribution in [2.24, 2.45) is 0 Å². The van der Waals surface area contributed by atoms with Crippen molar-refractivity contribution >= 4 is 23.3 Å². The molecule has 3 rings (SSSR count). The van der Waals surface area contributed by atoms with E-state index in [9.17, 15) is 27.6 Å². The van der Waals surface area contributed by atoms with Crippen molar-refractivity contribution in [2.45, 2.75) is 72.1 Å². The maximum absolute atomic E-state index is 13.2. The van der Waals surface area contributed by atoms with Crippen LogP contribution in [0.1, 0.15) is 85.2 Å². The summed E-state index contributed by atoms with van der Waals surface area (Å²) in [6.45, 7) is 12.1. The third-order valence-electron chi connectivity index (χ3n) is 5.71. The quantitative estimate of drug-likeness (QED) is 0.394. The molecule has 1 aliphatic heterocycles. The molecule has 36 heavy (non-hydrogen) atoms. The first kappa shape index (κ1) is 28.8. The summed E-state index contributed by atoms with van der Waals surface area (Å²) in [5, 5.41) is 2.50. The van der Waals surface area contributed by atoms with Gasteiger partial charge in [-0.3, -0.25) is 14.4 Å². The minimum Gasteiger partial charge on any atom is -0.328 e. The number of nitrogens with zero attached hydrogens (tertiary/aromatic N) is 1. The maximum atomic E-state index is 13.2. The van der Waals surface area contributed by atoms with Gasteiger partial charge in [0.25, 0.3) is 11.8 Å². The number of halogens is 3. The van der Waals surface area contributed by atoms with Crippen LogP contribution in [0.15, 0.2) is 54.6 Å². The van der Waals surface area contributed by atoms with Gasteiger partial charge in [0.15, 0.2) is 0 Å². The number of hydrogen-bond donors (Lipinski definition) is 1. The van der Waals surface area contributed by atoms with E-state index in [1.165, 1.54) is 24.6 Å². The fourth-order valence-electron chi connectivity index (χ4n) is 3.94. The van der Waals surface area contributed by atoms with Gasteiger partial charge in [-0.2, -0.15) is 13.2 Å². The van der Waals surface area contributed by atoms with Crippen LogP contribution in [0.25, 0.3) is 0 Å². The highest BCUT2D eigenvalue weighted by Crippen LogP contribution is 2.33. The van der Waals surface area contributed by atoms with Crippen molar-refractivity contribution in [1.82, 2.24) is 4.90 Å². The Morgan fingerprint density at radius 3 is 2.33 bits per heavy atom. The van der Waals surface area contributed by atoms with Gasteiger partial charge in [-0.15, -0.1) is 0 Å². The largest absolute Gasteiger partial charge is 0.417 e. The van der Waals surface area contributed by atoms with Gasteiger partial charge in [0.2, 0.25) is 0 Å². The summed E-state index contributed by atoms with van der Waals surface area (Å²) in [6.07, 6.45) is -2.17. The predicted molar refractivity (Wildman–Crippen MR) is 135 cm³/mol. The van der Waals surface area contributed by atoms with Crippen LogP contribution >= 0.6 is 0 Å². The van der Waals surface area contributed by atoms with E-state index >= 15 is 0 Å². The van der Waals surface area contributed by atoms with Gasteiger partial charge in [0.1, 0.15) is 5.78 Å². The molecule has 2 aromatic rings. The van der Waals surface area contributed by atoms with E-state index in [4.69, 9.17) is 0 Å². The molecule has 1 unspecified atom stereocenters. The van der Waals surface area contributed by atoms with Gasteiger partial charge in [-0.05, 0) is 49.2 Å². The standard InChI is InChI=1S/C25H25F3N2O3.C3H8/c1-4-18(31)10-12-22(15(2)3)30-14-16-13-17(9-11-19(16)24(30)33)29-23(32)20-7-5-6-8-21(20)25(26,27)28;1-3-2/h5-9,11,13,22H,2,4,10,12,14H2,1,3H3,(H,29,32);3H2,1-2H3. The zero-order valence-electron chi connectivity index (χ0n) is 21.2. The lowest BCUT2D eigenvalue weighted by Gasteiger charge is -2.28. The Morgan fingerprint density at radius 2 is 1.75 bits per heavy atom. The number of nitrogens with one attached hydrogen (secondary N) is 1. The Kier molecular flexibility index (Phi) is 10.0. The number of fused-ring (bicyclic) bond motifs is 1. The molecule has 2 aromatic carbocycles. The van der Waals surface area contributed by atoms with E-state index in [0.29, 0.717) is 36.1 Å². The van der Waals surface area contributed by atoms with E-state index in [1.54, 1.807) is 30.9 Å². The van der Waals surface area contributed by atoms with Gasteiger partial charge in [0, 0.05) is 30.6 Å². The number of alkyl halides is 3. The van der Waals surface area contributed by atoms with Crippen molar-refractivity contribution in [1.29, 1.82) is 0 Å². The number of carbonyl (C=O) groups excluding carboxylic acids is 3. The lowest BCUT2D eigenvalue weighted by atomic mass is 10.0. The molecule has 0 spiro atoms. The minimum atomic E-state index is -4.66. The number of carbonyl (C=O) groups is 3. The second-order valence-corrected chi connectivity index (χ2v) is 8.80. The molecule has 1 aliphatic rings. The third kappa shape index (κ3) is 7.06. The smallest absolute Gasteiger partial charge is 0.328 e. The average Bonchev–Trinajstić information content (AvgIpc) is 3.14. The second kappa shape index (κ2) is 12.5. The summed E-state index contributed by atoms with van der Waals surface area (Å²) >= 11 is 0. The van der Waals surface area contributed by atoms with Crippen molar-refractivity contribution in [3.8, 4) is 0 Å². The molecule has 194 valence electrons. The molecule has 0 aliphatic carbocycles. The van der Waals surface area contributed by atoms with Gasteiger partial charge in [-0.25, -0.2) is 0 Å².